The van der Waals surface area contributed by atoms with E-state index in [0.29, 0.717) is 24.4 Å². The molecule has 28 heavy (non-hydrogen) atoms. The van der Waals surface area contributed by atoms with Crippen molar-refractivity contribution in [3.63, 3.8) is 0 Å². The van der Waals surface area contributed by atoms with Crippen LogP contribution in [0.2, 0.25) is 0 Å². The van der Waals surface area contributed by atoms with Crippen molar-refractivity contribution in [3.8, 4) is 0 Å². The number of aryl methyl sites for hydroxylation is 1. The van der Waals surface area contributed by atoms with Gasteiger partial charge >= 0.3 is 0 Å². The van der Waals surface area contributed by atoms with Crippen LogP contribution in [0.5, 0.6) is 0 Å². The Morgan fingerprint density at radius 3 is 2.75 bits per heavy atom. The number of anilines is 2. The Hall–Kier alpha value is -2.67. The summed E-state index contributed by atoms with van der Waals surface area (Å²) in [6.07, 6.45) is 4.98. The topological polar surface area (TPSA) is 70.5 Å². The third-order valence-corrected chi connectivity index (χ3v) is 5.95. The molecule has 2 aliphatic rings. The highest BCUT2D eigenvalue weighted by molar-refractivity contribution is 6.05. The lowest BCUT2D eigenvalue weighted by molar-refractivity contribution is -0.118. The van der Waals surface area contributed by atoms with Crippen molar-refractivity contribution in [1.29, 1.82) is 0 Å². The minimum absolute atomic E-state index is 0.114. The van der Waals surface area contributed by atoms with E-state index in [1.165, 1.54) is 0 Å². The lowest BCUT2D eigenvalue weighted by Gasteiger charge is -2.31. The zero-order chi connectivity index (χ0) is 19.7. The van der Waals surface area contributed by atoms with Crippen LogP contribution < -0.4 is 10.2 Å². The number of amides is 2. The van der Waals surface area contributed by atoms with Gasteiger partial charge in [0, 0.05) is 43.9 Å². The molecule has 3 heterocycles. The smallest absolute Gasteiger partial charge is 0.256 e. The van der Waals surface area contributed by atoms with Crippen LogP contribution in [-0.4, -0.2) is 53.2 Å². The average Bonchev–Trinajstić information content (AvgIpc) is 3.18. The molecule has 7 heteroatoms. The molecular formula is C21H27N5O2. The number of aromatic nitrogens is 2. The lowest BCUT2D eigenvalue weighted by atomic mass is 9.99. The number of piperidine rings is 1. The zero-order valence-corrected chi connectivity index (χ0v) is 16.5. The van der Waals surface area contributed by atoms with Crippen molar-refractivity contribution in [1.82, 2.24) is 14.7 Å². The Labute approximate surface area is 165 Å². The van der Waals surface area contributed by atoms with E-state index in [1.807, 2.05) is 22.9 Å². The maximum atomic E-state index is 12.8. The largest absolute Gasteiger partial charge is 0.315 e. The van der Waals surface area contributed by atoms with Gasteiger partial charge in [0.15, 0.2) is 0 Å². The summed E-state index contributed by atoms with van der Waals surface area (Å²) < 4.78 is 1.95. The molecule has 0 radical (unpaired) electrons. The molecule has 0 spiro atoms. The van der Waals surface area contributed by atoms with Crippen LogP contribution in [0.3, 0.4) is 0 Å². The van der Waals surface area contributed by atoms with Gasteiger partial charge in [0.1, 0.15) is 5.82 Å². The van der Waals surface area contributed by atoms with E-state index < -0.39 is 0 Å². The third-order valence-electron chi connectivity index (χ3n) is 5.95. The predicted octanol–water partition coefficient (Wildman–Crippen LogP) is 2.70. The fourth-order valence-electron chi connectivity index (χ4n) is 4.17. The van der Waals surface area contributed by atoms with E-state index in [9.17, 15) is 9.59 Å². The number of nitrogens with one attached hydrogen (secondary N) is 1. The van der Waals surface area contributed by atoms with Gasteiger partial charge in [-0.1, -0.05) is 6.92 Å². The average molecular weight is 381 g/mol. The van der Waals surface area contributed by atoms with Crippen molar-refractivity contribution in [2.75, 3.05) is 36.9 Å². The normalized spacial score (nSPS) is 18.2. The van der Waals surface area contributed by atoms with Crippen molar-refractivity contribution < 1.29 is 9.59 Å². The first-order valence-electron chi connectivity index (χ1n) is 10.0. The van der Waals surface area contributed by atoms with E-state index in [4.69, 9.17) is 0 Å². The van der Waals surface area contributed by atoms with Gasteiger partial charge < -0.3 is 15.1 Å². The van der Waals surface area contributed by atoms with Crippen molar-refractivity contribution in [2.24, 2.45) is 0 Å². The van der Waals surface area contributed by atoms with Crippen molar-refractivity contribution in [2.45, 2.75) is 38.6 Å². The van der Waals surface area contributed by atoms with Gasteiger partial charge in [0.25, 0.3) is 5.91 Å². The van der Waals surface area contributed by atoms with Crippen LogP contribution in [0, 0.1) is 0 Å². The van der Waals surface area contributed by atoms with Gasteiger partial charge in [-0.05, 0) is 49.6 Å². The Kier molecular flexibility index (Phi) is 5.17. The first kappa shape index (κ1) is 18.7. The third kappa shape index (κ3) is 3.54. The van der Waals surface area contributed by atoms with Crippen LogP contribution in [0.25, 0.3) is 0 Å². The number of hydrogen-bond acceptors (Lipinski definition) is 4. The molecular weight excluding hydrogens is 354 g/mol. The number of fused-ring (bicyclic) bond motifs is 1. The molecule has 0 aliphatic carbocycles. The Bertz CT molecular complexity index is 883. The van der Waals surface area contributed by atoms with E-state index in [0.717, 1.165) is 49.5 Å². The molecule has 1 saturated heterocycles. The Morgan fingerprint density at radius 1 is 1.21 bits per heavy atom. The summed E-state index contributed by atoms with van der Waals surface area (Å²) in [5, 5.41) is 7.49. The minimum atomic E-state index is -0.143. The molecule has 2 aliphatic heterocycles. The van der Waals surface area contributed by atoms with Gasteiger partial charge in [0.2, 0.25) is 5.91 Å². The SMILES string of the molecule is CCN1CCC(n2nccc2NC(=O)c2ccc3c(c2)CCC(=O)N3C)CC1. The molecule has 0 unspecified atom stereocenters. The monoisotopic (exact) mass is 381 g/mol. The summed E-state index contributed by atoms with van der Waals surface area (Å²) in [5.41, 5.74) is 2.53. The summed E-state index contributed by atoms with van der Waals surface area (Å²) >= 11 is 0. The number of carbonyl (C=O) groups is 2. The predicted molar refractivity (Wildman–Crippen MR) is 109 cm³/mol. The lowest BCUT2D eigenvalue weighted by Crippen LogP contribution is -2.35. The molecule has 148 valence electrons. The number of benzene rings is 1. The molecule has 0 atom stereocenters. The van der Waals surface area contributed by atoms with Gasteiger partial charge in [-0.25, -0.2) is 4.68 Å². The minimum Gasteiger partial charge on any atom is -0.315 e. The van der Waals surface area contributed by atoms with E-state index >= 15 is 0 Å². The van der Waals surface area contributed by atoms with Gasteiger partial charge in [0.05, 0.1) is 12.2 Å². The van der Waals surface area contributed by atoms with Crippen LogP contribution in [0.15, 0.2) is 30.5 Å². The summed E-state index contributed by atoms with van der Waals surface area (Å²) in [7, 11) is 1.78. The summed E-state index contributed by atoms with van der Waals surface area (Å²) in [4.78, 5) is 28.8. The maximum absolute atomic E-state index is 12.8. The first-order chi connectivity index (χ1) is 13.6. The number of likely N-dealkylation sites (tertiary alicyclic amines) is 1. The fraction of sp³-hybridized carbons (Fsp3) is 0.476. The summed E-state index contributed by atoms with van der Waals surface area (Å²) in [5.74, 6) is 0.711. The fourth-order valence-corrected chi connectivity index (χ4v) is 4.17. The Balaban J connectivity index is 1.48. The quantitative estimate of drug-likeness (QED) is 0.884. The maximum Gasteiger partial charge on any atom is 0.256 e. The molecule has 1 aromatic carbocycles. The van der Waals surface area contributed by atoms with Crippen LogP contribution in [0.4, 0.5) is 11.5 Å². The highest BCUT2D eigenvalue weighted by Gasteiger charge is 2.24. The highest BCUT2D eigenvalue weighted by atomic mass is 16.2. The van der Waals surface area contributed by atoms with E-state index in [2.05, 4.69) is 22.2 Å². The first-order valence-corrected chi connectivity index (χ1v) is 10.0. The molecule has 0 saturated carbocycles. The van der Waals surface area contributed by atoms with Gasteiger partial charge in [-0.15, -0.1) is 0 Å². The van der Waals surface area contributed by atoms with Crippen molar-refractivity contribution in [3.05, 3.63) is 41.6 Å². The molecule has 1 aromatic heterocycles. The molecule has 1 N–H and O–H groups in total. The second-order valence-electron chi connectivity index (χ2n) is 7.58. The van der Waals surface area contributed by atoms with Crippen LogP contribution in [-0.2, 0) is 11.2 Å². The van der Waals surface area contributed by atoms with E-state index in [-0.39, 0.29) is 11.8 Å². The Morgan fingerprint density at radius 2 is 2.00 bits per heavy atom. The highest BCUT2D eigenvalue weighted by Crippen LogP contribution is 2.29. The summed E-state index contributed by atoms with van der Waals surface area (Å²) in [6, 6.07) is 7.71. The second kappa shape index (κ2) is 7.75. The van der Waals surface area contributed by atoms with E-state index in [1.54, 1.807) is 24.2 Å². The molecule has 1 fully saturated rings. The molecule has 7 nitrogen and oxygen atoms in total. The molecule has 4 rings (SSSR count). The number of rotatable bonds is 4. The van der Waals surface area contributed by atoms with Gasteiger partial charge in [-0.3, -0.25) is 9.59 Å². The molecule has 0 bridgehead atoms. The zero-order valence-electron chi connectivity index (χ0n) is 16.5. The second-order valence-corrected chi connectivity index (χ2v) is 7.58. The summed E-state index contributed by atoms with van der Waals surface area (Å²) in [6.45, 7) is 5.39. The standard InChI is InChI=1S/C21H27N5O2/c1-3-25-12-9-17(10-13-25)26-19(8-11-22-26)23-21(28)16-4-6-18-15(14-16)5-7-20(27)24(18)2/h4,6,8,11,14,17H,3,5,7,9-10,12-13H2,1-2H3,(H,23,28). The number of hydrogen-bond donors (Lipinski definition) is 1. The number of carbonyl (C=O) groups excluding carboxylic acids is 2. The molecule has 2 aromatic rings. The van der Waals surface area contributed by atoms with Crippen LogP contribution >= 0.6 is 0 Å². The van der Waals surface area contributed by atoms with Crippen molar-refractivity contribution >= 4 is 23.3 Å². The van der Waals surface area contributed by atoms with Crippen LogP contribution in [0.1, 0.15) is 48.1 Å². The molecule has 2 amide bonds. The van der Waals surface area contributed by atoms with Gasteiger partial charge in [-0.2, -0.15) is 5.10 Å². The number of nitrogens with zero attached hydrogens (tertiary/aromatic N) is 4.